The van der Waals surface area contributed by atoms with Crippen molar-refractivity contribution in [3.05, 3.63) is 29.3 Å². The van der Waals surface area contributed by atoms with Crippen LogP contribution < -0.4 is 10.6 Å². The molecule has 1 aliphatic heterocycles. The number of carboxylic acid groups (broad SMARTS) is 1. The minimum absolute atomic E-state index is 0.0735. The minimum Gasteiger partial charge on any atom is -0.481 e. The van der Waals surface area contributed by atoms with Gasteiger partial charge in [0.2, 0.25) is 0 Å². The molecule has 3 N–H and O–H groups in total. The van der Waals surface area contributed by atoms with Gasteiger partial charge in [-0.2, -0.15) is 0 Å². The fourth-order valence-electron chi connectivity index (χ4n) is 4.95. The zero-order valence-electron chi connectivity index (χ0n) is 15.8. The summed E-state index contributed by atoms with van der Waals surface area (Å²) in [5.74, 6) is -0.366. The second-order valence-corrected chi connectivity index (χ2v) is 8.27. The summed E-state index contributed by atoms with van der Waals surface area (Å²) < 4.78 is 0. The molecule has 1 aromatic carbocycles. The van der Waals surface area contributed by atoms with Crippen LogP contribution in [0.4, 0.5) is 10.5 Å². The van der Waals surface area contributed by atoms with Gasteiger partial charge < -0.3 is 15.7 Å². The van der Waals surface area contributed by atoms with Crippen LogP contribution in [0.25, 0.3) is 0 Å². The fourth-order valence-corrected chi connectivity index (χ4v) is 4.95. The summed E-state index contributed by atoms with van der Waals surface area (Å²) in [7, 11) is 0. The molecule has 27 heavy (non-hydrogen) atoms. The largest absolute Gasteiger partial charge is 0.481 e. The van der Waals surface area contributed by atoms with E-state index in [-0.39, 0.29) is 18.0 Å². The maximum Gasteiger partial charge on any atom is 0.324 e. The second kappa shape index (κ2) is 7.50. The van der Waals surface area contributed by atoms with Crippen molar-refractivity contribution in [2.24, 2.45) is 17.6 Å². The van der Waals surface area contributed by atoms with E-state index in [9.17, 15) is 9.59 Å². The summed E-state index contributed by atoms with van der Waals surface area (Å²) in [6.45, 7) is 2.18. The van der Waals surface area contributed by atoms with Gasteiger partial charge >= 0.3 is 12.0 Å². The number of carbonyl (C=O) groups excluding carboxylic acids is 1. The first-order valence-electron chi connectivity index (χ1n) is 10.2. The molecule has 0 bridgehead atoms. The Balaban J connectivity index is 1.43. The topological polar surface area (TPSA) is 86.9 Å². The average molecular weight is 371 g/mol. The molecule has 0 spiro atoms. The van der Waals surface area contributed by atoms with Gasteiger partial charge in [-0.1, -0.05) is 6.07 Å². The third kappa shape index (κ3) is 3.55. The van der Waals surface area contributed by atoms with E-state index in [0.717, 1.165) is 50.9 Å². The Hall–Kier alpha value is -2.08. The first kappa shape index (κ1) is 18.3. The number of carbonyl (C=O) groups is 2. The summed E-state index contributed by atoms with van der Waals surface area (Å²) in [5, 5.41) is 9.17. The molecule has 2 fully saturated rings. The number of nitrogens with two attached hydrogens (primary N) is 1. The van der Waals surface area contributed by atoms with Crippen molar-refractivity contribution in [1.29, 1.82) is 0 Å². The van der Waals surface area contributed by atoms with Crippen molar-refractivity contribution in [3.63, 3.8) is 0 Å². The summed E-state index contributed by atoms with van der Waals surface area (Å²) >= 11 is 0. The van der Waals surface area contributed by atoms with E-state index in [1.54, 1.807) is 0 Å². The van der Waals surface area contributed by atoms with E-state index in [0.29, 0.717) is 25.3 Å². The zero-order valence-corrected chi connectivity index (χ0v) is 15.8. The molecule has 0 aromatic heterocycles. The molecule has 1 saturated heterocycles. The van der Waals surface area contributed by atoms with Crippen LogP contribution in [-0.4, -0.2) is 47.7 Å². The monoisotopic (exact) mass is 371 g/mol. The highest BCUT2D eigenvalue weighted by Gasteiger charge is 2.37. The van der Waals surface area contributed by atoms with E-state index in [2.05, 4.69) is 18.2 Å². The predicted octanol–water partition coefficient (Wildman–Crippen LogP) is 2.64. The van der Waals surface area contributed by atoms with Crippen molar-refractivity contribution in [2.45, 2.75) is 51.0 Å². The Morgan fingerprint density at radius 3 is 2.59 bits per heavy atom. The van der Waals surface area contributed by atoms with Crippen molar-refractivity contribution < 1.29 is 14.7 Å². The standard InChI is InChI=1S/C21H29N3O3/c22-13-14-1-2-17-12-19(8-5-16(17)11-14)24-10-9-23(21(24)27)18-6-3-15(4-7-18)20(25)26/h5,8,12,14-15,18H,1-4,6-7,9-11,13,22H2,(H,25,26). The highest BCUT2D eigenvalue weighted by Crippen LogP contribution is 2.33. The van der Waals surface area contributed by atoms with Crippen LogP contribution >= 0.6 is 0 Å². The van der Waals surface area contributed by atoms with Crippen LogP contribution in [0, 0.1) is 11.8 Å². The van der Waals surface area contributed by atoms with Gasteiger partial charge in [0.1, 0.15) is 0 Å². The van der Waals surface area contributed by atoms with Gasteiger partial charge in [0.15, 0.2) is 0 Å². The summed E-state index contributed by atoms with van der Waals surface area (Å²) in [6, 6.07) is 6.68. The lowest BCUT2D eigenvalue weighted by molar-refractivity contribution is -0.143. The maximum atomic E-state index is 13.0. The zero-order chi connectivity index (χ0) is 19.0. The smallest absolute Gasteiger partial charge is 0.324 e. The van der Waals surface area contributed by atoms with E-state index in [1.807, 2.05) is 9.80 Å². The Morgan fingerprint density at radius 1 is 1.11 bits per heavy atom. The Bertz CT molecular complexity index is 727. The van der Waals surface area contributed by atoms with E-state index in [1.165, 1.54) is 11.1 Å². The molecule has 3 aliphatic rings. The molecular formula is C21H29N3O3. The molecule has 1 aromatic rings. The molecule has 6 heteroatoms. The Morgan fingerprint density at radius 2 is 1.89 bits per heavy atom. The van der Waals surface area contributed by atoms with Crippen LogP contribution in [0.15, 0.2) is 18.2 Å². The first-order chi connectivity index (χ1) is 13.1. The number of amides is 2. The lowest BCUT2D eigenvalue weighted by Gasteiger charge is -2.33. The first-order valence-corrected chi connectivity index (χ1v) is 10.2. The van der Waals surface area contributed by atoms with Crippen molar-refractivity contribution in [3.8, 4) is 0 Å². The number of aliphatic carboxylic acids is 1. The number of carboxylic acids is 1. The summed E-state index contributed by atoms with van der Waals surface area (Å²) in [6.07, 6.45) is 6.13. The molecule has 2 aliphatic carbocycles. The maximum absolute atomic E-state index is 13.0. The molecular weight excluding hydrogens is 342 g/mol. The predicted molar refractivity (Wildman–Crippen MR) is 104 cm³/mol. The number of rotatable bonds is 4. The van der Waals surface area contributed by atoms with Crippen LogP contribution in [-0.2, 0) is 17.6 Å². The van der Waals surface area contributed by atoms with Gasteiger partial charge in [-0.05, 0) is 80.7 Å². The third-order valence-electron chi connectivity index (χ3n) is 6.69. The molecule has 146 valence electrons. The number of nitrogens with zero attached hydrogens (tertiary/aromatic N) is 2. The Kier molecular flexibility index (Phi) is 5.08. The van der Waals surface area contributed by atoms with Crippen LogP contribution in [0.3, 0.4) is 0 Å². The third-order valence-corrected chi connectivity index (χ3v) is 6.69. The molecule has 6 nitrogen and oxygen atoms in total. The highest BCUT2D eigenvalue weighted by molar-refractivity contribution is 5.94. The number of fused-ring (bicyclic) bond motifs is 1. The van der Waals surface area contributed by atoms with E-state index in [4.69, 9.17) is 10.8 Å². The van der Waals surface area contributed by atoms with Crippen LogP contribution in [0.2, 0.25) is 0 Å². The molecule has 1 heterocycles. The lowest BCUT2D eigenvalue weighted by atomic mass is 9.84. The quantitative estimate of drug-likeness (QED) is 0.852. The molecule has 2 amide bonds. The number of hydrogen-bond acceptors (Lipinski definition) is 3. The van der Waals surface area contributed by atoms with Crippen LogP contribution in [0.1, 0.15) is 43.2 Å². The van der Waals surface area contributed by atoms with Gasteiger partial charge in [0.25, 0.3) is 0 Å². The highest BCUT2D eigenvalue weighted by atomic mass is 16.4. The number of urea groups is 1. The van der Waals surface area contributed by atoms with Gasteiger partial charge in [-0.15, -0.1) is 0 Å². The SMILES string of the molecule is NCC1CCc2cc(N3CCN(C4CCC(C(=O)O)CC4)C3=O)ccc2C1. The van der Waals surface area contributed by atoms with Gasteiger partial charge in [-0.3, -0.25) is 9.69 Å². The van der Waals surface area contributed by atoms with E-state index >= 15 is 0 Å². The van der Waals surface area contributed by atoms with Crippen molar-refractivity contribution in [2.75, 3.05) is 24.5 Å². The van der Waals surface area contributed by atoms with Gasteiger partial charge in [-0.25, -0.2) is 4.79 Å². The van der Waals surface area contributed by atoms with Crippen LogP contribution in [0.5, 0.6) is 0 Å². The average Bonchev–Trinajstić information content (AvgIpc) is 3.08. The molecule has 1 saturated carbocycles. The number of anilines is 1. The summed E-state index contributed by atoms with van der Waals surface area (Å²) in [5.41, 5.74) is 9.54. The van der Waals surface area contributed by atoms with Crippen molar-refractivity contribution in [1.82, 2.24) is 4.90 Å². The number of benzene rings is 1. The van der Waals surface area contributed by atoms with Gasteiger partial charge in [0, 0.05) is 24.8 Å². The minimum atomic E-state index is -0.700. The normalized spacial score (nSPS) is 28.3. The van der Waals surface area contributed by atoms with Crippen molar-refractivity contribution >= 4 is 17.7 Å². The molecule has 1 atom stereocenters. The second-order valence-electron chi connectivity index (χ2n) is 8.27. The molecule has 4 rings (SSSR count). The van der Waals surface area contributed by atoms with E-state index < -0.39 is 5.97 Å². The molecule has 0 radical (unpaired) electrons. The fraction of sp³-hybridized carbons (Fsp3) is 0.619. The summed E-state index contributed by atoms with van der Waals surface area (Å²) in [4.78, 5) is 28.0. The number of aryl methyl sites for hydroxylation is 1. The number of hydrogen-bond donors (Lipinski definition) is 2. The molecule has 1 unspecified atom stereocenters. The lowest BCUT2D eigenvalue weighted by Crippen LogP contribution is -2.42. The Labute approximate surface area is 160 Å². The van der Waals surface area contributed by atoms with Gasteiger partial charge in [0.05, 0.1) is 5.92 Å².